The van der Waals surface area contributed by atoms with E-state index in [4.69, 9.17) is 4.74 Å². The Labute approximate surface area is 188 Å². The highest BCUT2D eigenvalue weighted by atomic mass is 31.0. The fraction of sp³-hybridized carbons (Fsp3) is 0.522. The number of halogens is 1. The van der Waals surface area contributed by atoms with Crippen LogP contribution in [0.25, 0.3) is 22.0 Å². The van der Waals surface area contributed by atoms with Crippen LogP contribution in [0.2, 0.25) is 0 Å². The van der Waals surface area contributed by atoms with Crippen LogP contribution in [-0.4, -0.2) is 43.5 Å². The highest BCUT2D eigenvalue weighted by Gasteiger charge is 2.36. The molecular formula is C23H29FN5O2P. The van der Waals surface area contributed by atoms with Crippen molar-refractivity contribution in [3.63, 3.8) is 0 Å². The Morgan fingerprint density at radius 3 is 2.88 bits per heavy atom. The van der Waals surface area contributed by atoms with Gasteiger partial charge in [0.1, 0.15) is 17.3 Å². The van der Waals surface area contributed by atoms with Gasteiger partial charge in [-0.2, -0.15) is 10.2 Å². The number of carbonyl (C=O) groups is 1. The average molecular weight is 457 g/mol. The van der Waals surface area contributed by atoms with Gasteiger partial charge in [0.05, 0.1) is 23.1 Å². The van der Waals surface area contributed by atoms with Gasteiger partial charge < -0.3 is 10.1 Å². The highest BCUT2D eigenvalue weighted by molar-refractivity contribution is 7.18. The van der Waals surface area contributed by atoms with Crippen molar-refractivity contribution in [1.29, 1.82) is 0 Å². The van der Waals surface area contributed by atoms with Crippen LogP contribution >= 0.6 is 9.24 Å². The minimum Gasteiger partial charge on any atom is -0.490 e. The number of nitrogens with one attached hydrogen (secondary N) is 1. The maximum Gasteiger partial charge on any atom is 0.220 e. The van der Waals surface area contributed by atoms with Crippen molar-refractivity contribution in [3.8, 4) is 16.9 Å². The molecule has 170 valence electrons. The standard InChI is InChI=1S/C23H29FN5O2P/c1-13-22-19(27-28(13)3)6-15(7-20(22)31-14(2)16-8-21(30)25-10-16)17-11-26-29(12-17)18-4-5-23(24,32)9-18/h6-7,11-12,14,16,18H,4-5,8-10,32H2,1-3H3,(H,25,30)/t14?,16-,18?,23?/m1/s1. The second-order valence-corrected chi connectivity index (χ2v) is 10.3. The molecule has 3 heterocycles. The maximum atomic E-state index is 14.3. The fourth-order valence-corrected chi connectivity index (χ4v) is 5.31. The van der Waals surface area contributed by atoms with Gasteiger partial charge in [0.15, 0.2) is 0 Å². The molecule has 3 aromatic rings. The second kappa shape index (κ2) is 7.84. The van der Waals surface area contributed by atoms with E-state index in [1.54, 1.807) is 0 Å². The summed E-state index contributed by atoms with van der Waals surface area (Å²) in [5.74, 6) is 0.969. The molecule has 1 amide bonds. The minimum atomic E-state index is -1.20. The molecule has 1 aliphatic carbocycles. The summed E-state index contributed by atoms with van der Waals surface area (Å²) in [5, 5.41) is 11.9. The number of alkyl halides is 1. The number of rotatable bonds is 5. The van der Waals surface area contributed by atoms with E-state index >= 15 is 0 Å². The molecule has 7 nitrogen and oxygen atoms in total. The summed E-state index contributed by atoms with van der Waals surface area (Å²) in [4.78, 5) is 11.7. The molecule has 2 aliphatic rings. The monoisotopic (exact) mass is 457 g/mol. The molecule has 9 heteroatoms. The lowest BCUT2D eigenvalue weighted by molar-refractivity contribution is -0.119. The fourth-order valence-electron chi connectivity index (χ4n) is 4.87. The first-order chi connectivity index (χ1) is 15.2. The van der Waals surface area contributed by atoms with Crippen molar-refractivity contribution in [2.75, 3.05) is 6.54 Å². The molecule has 1 aliphatic heterocycles. The van der Waals surface area contributed by atoms with E-state index in [1.165, 1.54) is 0 Å². The lowest BCUT2D eigenvalue weighted by atomic mass is 10.0. The Kier molecular flexibility index (Phi) is 5.24. The van der Waals surface area contributed by atoms with Crippen LogP contribution in [0.5, 0.6) is 5.75 Å². The third-order valence-electron chi connectivity index (χ3n) is 6.95. The number of carbonyl (C=O) groups excluding carboxylic acids is 1. The zero-order valence-electron chi connectivity index (χ0n) is 18.6. The number of aromatic nitrogens is 4. The van der Waals surface area contributed by atoms with E-state index < -0.39 is 5.41 Å². The first-order valence-electron chi connectivity index (χ1n) is 11.1. The lowest BCUT2D eigenvalue weighted by Crippen LogP contribution is -2.25. The maximum absolute atomic E-state index is 14.3. The van der Waals surface area contributed by atoms with Gasteiger partial charge in [0.2, 0.25) is 5.91 Å². The summed E-state index contributed by atoms with van der Waals surface area (Å²) in [5.41, 5.74) is 3.79. The molecule has 0 bridgehead atoms. The lowest BCUT2D eigenvalue weighted by Gasteiger charge is -2.20. The highest BCUT2D eigenvalue weighted by Crippen LogP contribution is 2.45. The number of ether oxygens (including phenoxy) is 1. The van der Waals surface area contributed by atoms with Crippen LogP contribution in [0.3, 0.4) is 0 Å². The van der Waals surface area contributed by atoms with E-state index in [0.29, 0.717) is 25.8 Å². The smallest absolute Gasteiger partial charge is 0.220 e. The van der Waals surface area contributed by atoms with Crippen molar-refractivity contribution < 1.29 is 13.9 Å². The number of hydrogen-bond donors (Lipinski definition) is 1. The Morgan fingerprint density at radius 1 is 1.38 bits per heavy atom. The number of benzene rings is 1. The van der Waals surface area contributed by atoms with E-state index in [1.807, 2.05) is 54.8 Å². The van der Waals surface area contributed by atoms with E-state index in [0.717, 1.165) is 39.9 Å². The SMILES string of the molecule is Cc1c2c(OC(C)[C@H]3CNC(=O)C3)cc(-c3cnn(C4CCC(F)(P)C4)c3)cc2nn1C. The molecule has 32 heavy (non-hydrogen) atoms. The van der Waals surface area contributed by atoms with Gasteiger partial charge in [0, 0.05) is 49.8 Å². The van der Waals surface area contributed by atoms with Crippen LogP contribution in [0.1, 0.15) is 44.3 Å². The number of nitrogens with zero attached hydrogens (tertiary/aromatic N) is 4. The molecule has 2 fully saturated rings. The van der Waals surface area contributed by atoms with Crippen molar-refractivity contribution >= 4 is 26.0 Å². The minimum absolute atomic E-state index is 0.0650. The molecule has 0 radical (unpaired) electrons. The van der Waals surface area contributed by atoms with Gasteiger partial charge in [-0.3, -0.25) is 14.2 Å². The molecule has 4 unspecified atom stereocenters. The van der Waals surface area contributed by atoms with Crippen molar-refractivity contribution in [2.45, 2.75) is 57.1 Å². The summed E-state index contributed by atoms with van der Waals surface area (Å²) in [6, 6.07) is 4.14. The summed E-state index contributed by atoms with van der Waals surface area (Å²) >= 11 is 0. The first kappa shape index (κ1) is 21.4. The molecule has 1 saturated heterocycles. The zero-order valence-corrected chi connectivity index (χ0v) is 19.8. The Hall–Kier alpha value is -2.47. The third-order valence-corrected chi connectivity index (χ3v) is 7.47. The molecule has 1 saturated carbocycles. The van der Waals surface area contributed by atoms with Gasteiger partial charge in [-0.05, 0) is 44.4 Å². The van der Waals surface area contributed by atoms with Crippen LogP contribution in [0.4, 0.5) is 4.39 Å². The number of amides is 1. The summed E-state index contributed by atoms with van der Waals surface area (Å²) in [6.45, 7) is 4.67. The Bertz CT molecular complexity index is 1190. The molecule has 5 atom stereocenters. The summed E-state index contributed by atoms with van der Waals surface area (Å²) in [6.07, 6.45) is 5.94. The normalized spacial score (nSPS) is 26.6. The Balaban J connectivity index is 1.49. The van der Waals surface area contributed by atoms with E-state index in [9.17, 15) is 9.18 Å². The predicted octanol–water partition coefficient (Wildman–Crippen LogP) is 3.91. The van der Waals surface area contributed by atoms with E-state index in [2.05, 4.69) is 24.8 Å². The molecule has 1 aromatic carbocycles. The van der Waals surface area contributed by atoms with Gasteiger partial charge >= 0.3 is 0 Å². The van der Waals surface area contributed by atoms with Gasteiger partial charge in [0.25, 0.3) is 0 Å². The van der Waals surface area contributed by atoms with Crippen LogP contribution in [-0.2, 0) is 11.8 Å². The molecule has 5 rings (SSSR count). The quantitative estimate of drug-likeness (QED) is 0.590. The average Bonchev–Trinajstić information content (AvgIpc) is 3.50. The van der Waals surface area contributed by atoms with Gasteiger partial charge in [-0.15, -0.1) is 0 Å². The molecular weight excluding hydrogens is 428 g/mol. The largest absolute Gasteiger partial charge is 0.490 e. The van der Waals surface area contributed by atoms with Crippen LogP contribution < -0.4 is 10.1 Å². The van der Waals surface area contributed by atoms with Crippen LogP contribution in [0, 0.1) is 12.8 Å². The zero-order chi connectivity index (χ0) is 22.6. The first-order valence-corrected chi connectivity index (χ1v) is 11.7. The summed E-state index contributed by atoms with van der Waals surface area (Å²) in [7, 11) is 4.26. The van der Waals surface area contributed by atoms with Crippen molar-refractivity contribution in [3.05, 3.63) is 30.2 Å². The topological polar surface area (TPSA) is 74.0 Å². The number of fused-ring (bicyclic) bond motifs is 1. The van der Waals surface area contributed by atoms with Gasteiger partial charge in [-0.25, -0.2) is 4.39 Å². The van der Waals surface area contributed by atoms with Crippen molar-refractivity contribution in [1.82, 2.24) is 24.9 Å². The predicted molar refractivity (Wildman–Crippen MR) is 124 cm³/mol. The van der Waals surface area contributed by atoms with E-state index in [-0.39, 0.29) is 24.0 Å². The van der Waals surface area contributed by atoms with Crippen LogP contribution in [0.15, 0.2) is 24.5 Å². The molecule has 0 spiro atoms. The number of aryl methyl sites for hydroxylation is 2. The number of hydrogen-bond acceptors (Lipinski definition) is 4. The summed E-state index contributed by atoms with van der Waals surface area (Å²) < 4.78 is 24.5. The second-order valence-electron chi connectivity index (χ2n) is 9.31. The Morgan fingerprint density at radius 2 is 2.19 bits per heavy atom. The molecule has 1 N–H and O–H groups in total. The third kappa shape index (κ3) is 3.90. The molecule has 2 aromatic heterocycles. The van der Waals surface area contributed by atoms with Crippen molar-refractivity contribution in [2.24, 2.45) is 13.0 Å². The van der Waals surface area contributed by atoms with Gasteiger partial charge in [-0.1, -0.05) is 9.24 Å².